The standard InChI is InChI=1S/C9H11N3S/c1-2-3-7-11-6-4-5-13-8(6)9(10)12-7/h4-5H,2-3H2,1H3,(H2,10,11,12). The highest BCUT2D eigenvalue weighted by molar-refractivity contribution is 7.17. The Morgan fingerprint density at radius 2 is 2.31 bits per heavy atom. The van der Waals surface area contributed by atoms with Crippen molar-refractivity contribution < 1.29 is 0 Å². The second-order valence-corrected chi connectivity index (χ2v) is 3.83. The second kappa shape index (κ2) is 3.30. The average molecular weight is 193 g/mol. The van der Waals surface area contributed by atoms with Gasteiger partial charge in [0.25, 0.3) is 0 Å². The fourth-order valence-electron chi connectivity index (χ4n) is 1.27. The molecule has 0 unspecified atom stereocenters. The highest BCUT2D eigenvalue weighted by Gasteiger charge is 2.04. The largest absolute Gasteiger partial charge is 0.382 e. The zero-order chi connectivity index (χ0) is 9.26. The molecule has 0 radical (unpaired) electrons. The van der Waals surface area contributed by atoms with Crippen molar-refractivity contribution in [3.05, 3.63) is 17.3 Å². The Kier molecular flexibility index (Phi) is 2.14. The Hall–Kier alpha value is -1.16. The van der Waals surface area contributed by atoms with Crippen LogP contribution in [0.2, 0.25) is 0 Å². The molecule has 68 valence electrons. The summed E-state index contributed by atoms with van der Waals surface area (Å²) in [6.07, 6.45) is 1.95. The highest BCUT2D eigenvalue weighted by Crippen LogP contribution is 2.23. The number of anilines is 1. The molecule has 0 saturated heterocycles. The molecule has 0 spiro atoms. The van der Waals surface area contributed by atoms with E-state index < -0.39 is 0 Å². The molecule has 0 aliphatic carbocycles. The molecule has 0 amide bonds. The van der Waals surface area contributed by atoms with E-state index in [1.54, 1.807) is 11.3 Å². The van der Waals surface area contributed by atoms with Gasteiger partial charge in [0.1, 0.15) is 11.6 Å². The van der Waals surface area contributed by atoms with E-state index in [0.717, 1.165) is 28.9 Å². The van der Waals surface area contributed by atoms with Crippen LogP contribution in [0.4, 0.5) is 5.82 Å². The minimum absolute atomic E-state index is 0.614. The van der Waals surface area contributed by atoms with Crippen LogP contribution in [0, 0.1) is 0 Å². The van der Waals surface area contributed by atoms with Gasteiger partial charge in [0.05, 0.1) is 10.2 Å². The van der Waals surface area contributed by atoms with E-state index in [4.69, 9.17) is 5.73 Å². The van der Waals surface area contributed by atoms with Crippen LogP contribution in [0.1, 0.15) is 19.2 Å². The monoisotopic (exact) mass is 193 g/mol. The summed E-state index contributed by atoms with van der Waals surface area (Å²) in [5.74, 6) is 1.47. The van der Waals surface area contributed by atoms with Crippen molar-refractivity contribution in [1.82, 2.24) is 9.97 Å². The Balaban J connectivity index is 2.56. The lowest BCUT2D eigenvalue weighted by molar-refractivity contribution is 0.847. The molecule has 0 fully saturated rings. The van der Waals surface area contributed by atoms with Crippen LogP contribution in [0.25, 0.3) is 10.2 Å². The summed E-state index contributed by atoms with van der Waals surface area (Å²) in [5.41, 5.74) is 6.76. The van der Waals surface area contributed by atoms with Gasteiger partial charge in [0.15, 0.2) is 0 Å². The Morgan fingerprint density at radius 3 is 3.08 bits per heavy atom. The number of hydrogen-bond donors (Lipinski definition) is 1. The van der Waals surface area contributed by atoms with Crippen LogP contribution in [-0.2, 0) is 6.42 Å². The summed E-state index contributed by atoms with van der Waals surface area (Å²) in [6, 6.07) is 1.98. The van der Waals surface area contributed by atoms with Gasteiger partial charge < -0.3 is 5.73 Å². The number of aromatic nitrogens is 2. The minimum atomic E-state index is 0.614. The van der Waals surface area contributed by atoms with E-state index in [0.29, 0.717) is 5.82 Å². The molecule has 0 aliphatic heterocycles. The van der Waals surface area contributed by atoms with E-state index in [-0.39, 0.29) is 0 Å². The predicted octanol–water partition coefficient (Wildman–Crippen LogP) is 2.23. The van der Waals surface area contributed by atoms with Crippen molar-refractivity contribution >= 4 is 27.4 Å². The van der Waals surface area contributed by atoms with Crippen molar-refractivity contribution in [2.24, 2.45) is 0 Å². The molecule has 0 aromatic carbocycles. The summed E-state index contributed by atoms with van der Waals surface area (Å²) in [4.78, 5) is 8.65. The highest BCUT2D eigenvalue weighted by atomic mass is 32.1. The number of nitrogens with two attached hydrogens (primary N) is 1. The zero-order valence-corrected chi connectivity index (χ0v) is 8.27. The lowest BCUT2D eigenvalue weighted by Gasteiger charge is -1.99. The lowest BCUT2D eigenvalue weighted by atomic mass is 10.3. The topological polar surface area (TPSA) is 51.8 Å². The molecule has 2 aromatic rings. The molecular formula is C9H11N3S. The van der Waals surface area contributed by atoms with Crippen molar-refractivity contribution in [1.29, 1.82) is 0 Å². The van der Waals surface area contributed by atoms with E-state index in [2.05, 4.69) is 16.9 Å². The average Bonchev–Trinajstić information content (AvgIpc) is 2.53. The fraction of sp³-hybridized carbons (Fsp3) is 0.333. The van der Waals surface area contributed by atoms with Gasteiger partial charge in [0.2, 0.25) is 0 Å². The van der Waals surface area contributed by atoms with Crippen LogP contribution < -0.4 is 5.73 Å². The maximum Gasteiger partial charge on any atom is 0.145 e. The zero-order valence-electron chi connectivity index (χ0n) is 7.45. The number of thiophene rings is 1. The van der Waals surface area contributed by atoms with Gasteiger partial charge in [-0.15, -0.1) is 11.3 Å². The summed E-state index contributed by atoms with van der Waals surface area (Å²) in [6.45, 7) is 2.11. The number of nitrogen functional groups attached to an aromatic ring is 1. The van der Waals surface area contributed by atoms with Gasteiger partial charge in [-0.1, -0.05) is 6.92 Å². The summed E-state index contributed by atoms with van der Waals surface area (Å²) < 4.78 is 1.000. The molecule has 13 heavy (non-hydrogen) atoms. The van der Waals surface area contributed by atoms with Gasteiger partial charge in [-0.3, -0.25) is 0 Å². The lowest BCUT2D eigenvalue weighted by Crippen LogP contribution is -1.98. The number of nitrogens with zero attached hydrogens (tertiary/aromatic N) is 2. The summed E-state index contributed by atoms with van der Waals surface area (Å²) in [5, 5.41) is 1.99. The quantitative estimate of drug-likeness (QED) is 0.795. The molecule has 2 heterocycles. The smallest absolute Gasteiger partial charge is 0.145 e. The number of rotatable bonds is 2. The number of fused-ring (bicyclic) bond motifs is 1. The molecule has 2 N–H and O–H groups in total. The maximum atomic E-state index is 5.79. The Labute approximate surface area is 80.6 Å². The molecule has 0 saturated carbocycles. The van der Waals surface area contributed by atoms with Crippen LogP contribution in [0.5, 0.6) is 0 Å². The molecule has 4 heteroatoms. The molecule has 0 atom stereocenters. The molecule has 3 nitrogen and oxygen atoms in total. The first-order valence-corrected chi connectivity index (χ1v) is 5.19. The molecule has 2 aromatic heterocycles. The van der Waals surface area contributed by atoms with Crippen LogP contribution in [0.3, 0.4) is 0 Å². The first-order valence-electron chi connectivity index (χ1n) is 4.31. The third-order valence-electron chi connectivity index (χ3n) is 1.85. The van der Waals surface area contributed by atoms with Crippen LogP contribution in [0.15, 0.2) is 11.4 Å². The summed E-state index contributed by atoms with van der Waals surface area (Å²) in [7, 11) is 0. The number of hydrogen-bond acceptors (Lipinski definition) is 4. The summed E-state index contributed by atoms with van der Waals surface area (Å²) >= 11 is 1.59. The minimum Gasteiger partial charge on any atom is -0.382 e. The third-order valence-corrected chi connectivity index (χ3v) is 2.78. The van der Waals surface area contributed by atoms with Gasteiger partial charge in [-0.05, 0) is 17.9 Å². The van der Waals surface area contributed by atoms with Gasteiger partial charge in [-0.25, -0.2) is 9.97 Å². The number of aryl methyl sites for hydroxylation is 1. The van der Waals surface area contributed by atoms with Crippen LogP contribution in [-0.4, -0.2) is 9.97 Å². The Morgan fingerprint density at radius 1 is 1.46 bits per heavy atom. The molecule has 0 aliphatic rings. The van der Waals surface area contributed by atoms with E-state index in [1.807, 2.05) is 11.4 Å². The van der Waals surface area contributed by atoms with Crippen molar-refractivity contribution in [3.8, 4) is 0 Å². The first-order chi connectivity index (χ1) is 6.31. The van der Waals surface area contributed by atoms with E-state index >= 15 is 0 Å². The fourth-order valence-corrected chi connectivity index (χ4v) is 2.01. The van der Waals surface area contributed by atoms with Gasteiger partial charge in [0, 0.05) is 6.42 Å². The van der Waals surface area contributed by atoms with Crippen molar-refractivity contribution in [3.63, 3.8) is 0 Å². The van der Waals surface area contributed by atoms with Gasteiger partial charge in [-0.2, -0.15) is 0 Å². The second-order valence-electron chi connectivity index (χ2n) is 2.91. The van der Waals surface area contributed by atoms with E-state index in [1.165, 1.54) is 0 Å². The maximum absolute atomic E-state index is 5.79. The predicted molar refractivity (Wildman–Crippen MR) is 55.8 cm³/mol. The van der Waals surface area contributed by atoms with E-state index in [9.17, 15) is 0 Å². The van der Waals surface area contributed by atoms with Crippen molar-refractivity contribution in [2.75, 3.05) is 5.73 Å². The van der Waals surface area contributed by atoms with Crippen LogP contribution >= 0.6 is 11.3 Å². The van der Waals surface area contributed by atoms with Gasteiger partial charge >= 0.3 is 0 Å². The molecule has 2 rings (SSSR count). The SMILES string of the molecule is CCCc1nc(N)c2sccc2n1. The molecule has 0 bridgehead atoms. The normalized spacial score (nSPS) is 10.8. The first kappa shape index (κ1) is 8.44. The Bertz CT molecular complexity index is 422. The molecular weight excluding hydrogens is 182 g/mol. The van der Waals surface area contributed by atoms with Crippen molar-refractivity contribution in [2.45, 2.75) is 19.8 Å². The third kappa shape index (κ3) is 1.49.